The first-order valence-corrected chi connectivity index (χ1v) is 6.62. The normalized spacial score (nSPS) is 20.4. The quantitative estimate of drug-likeness (QED) is 0.895. The molecule has 0 spiro atoms. The summed E-state index contributed by atoms with van der Waals surface area (Å²) in [5.41, 5.74) is 2.53. The highest BCUT2D eigenvalue weighted by molar-refractivity contribution is 5.15. The van der Waals surface area contributed by atoms with Crippen LogP contribution >= 0.6 is 0 Å². The van der Waals surface area contributed by atoms with E-state index in [0.717, 1.165) is 18.1 Å². The van der Waals surface area contributed by atoms with Crippen molar-refractivity contribution in [3.8, 4) is 0 Å². The lowest BCUT2D eigenvalue weighted by Gasteiger charge is -2.22. The molecule has 1 fully saturated rings. The van der Waals surface area contributed by atoms with Crippen molar-refractivity contribution in [1.29, 1.82) is 0 Å². The Morgan fingerprint density at radius 3 is 2.89 bits per heavy atom. The van der Waals surface area contributed by atoms with E-state index in [0.29, 0.717) is 6.04 Å². The van der Waals surface area contributed by atoms with Gasteiger partial charge in [0.25, 0.3) is 0 Å². The lowest BCUT2D eigenvalue weighted by Crippen LogP contribution is -2.23. The number of benzene rings is 1. The van der Waals surface area contributed by atoms with Crippen LogP contribution in [0.25, 0.3) is 0 Å². The Kier molecular flexibility index (Phi) is 3.15. The van der Waals surface area contributed by atoms with Crippen molar-refractivity contribution in [3.63, 3.8) is 0 Å². The molecule has 0 aliphatic carbocycles. The number of aromatic nitrogens is 2. The molecule has 3 nitrogen and oxygen atoms in total. The second-order valence-electron chi connectivity index (χ2n) is 5.07. The maximum atomic E-state index is 4.49. The Bertz CT molecular complexity index is 503. The largest absolute Gasteiger partial charge is 0.345 e. The molecule has 0 bridgehead atoms. The molecule has 2 heterocycles. The predicted molar refractivity (Wildman–Crippen MR) is 72.2 cm³/mol. The minimum absolute atomic E-state index is 0.457. The number of hydrogen-bond donors (Lipinski definition) is 1. The third-order valence-electron chi connectivity index (χ3n) is 3.63. The number of rotatable bonds is 3. The van der Waals surface area contributed by atoms with Crippen LogP contribution < -0.4 is 0 Å². The maximum Gasteiger partial charge on any atom is 0.123 e. The molecule has 1 aromatic heterocycles. The summed E-state index contributed by atoms with van der Waals surface area (Å²) >= 11 is 0. The molecule has 3 rings (SSSR count). The molecule has 0 radical (unpaired) electrons. The number of imidazole rings is 1. The van der Waals surface area contributed by atoms with Crippen molar-refractivity contribution in [2.75, 3.05) is 6.54 Å². The number of aromatic amines is 1. The molecule has 94 valence electrons. The van der Waals surface area contributed by atoms with Gasteiger partial charge in [-0.05, 0) is 31.9 Å². The monoisotopic (exact) mass is 241 g/mol. The van der Waals surface area contributed by atoms with Crippen LogP contribution in [0.4, 0.5) is 0 Å². The highest BCUT2D eigenvalue weighted by Crippen LogP contribution is 2.31. The van der Waals surface area contributed by atoms with Gasteiger partial charge in [0.15, 0.2) is 0 Å². The zero-order chi connectivity index (χ0) is 12.4. The molecule has 1 aromatic carbocycles. The number of H-pyrrole nitrogens is 1. The summed E-state index contributed by atoms with van der Waals surface area (Å²) in [6.45, 7) is 4.25. The van der Waals surface area contributed by atoms with Gasteiger partial charge in [-0.1, -0.05) is 30.3 Å². The molecule has 1 atom stereocenters. The third kappa shape index (κ3) is 2.31. The molecular weight excluding hydrogens is 222 g/mol. The zero-order valence-corrected chi connectivity index (χ0v) is 10.8. The second kappa shape index (κ2) is 4.94. The van der Waals surface area contributed by atoms with Crippen LogP contribution in [0.1, 0.15) is 36.0 Å². The standard InChI is InChI=1S/C15H19N3/c1-12-10-16-15(17-12)14-8-5-9-18(14)11-13-6-3-2-4-7-13/h2-4,6-7,10,14H,5,8-9,11H2,1H3,(H,16,17)/t14-/m1/s1. The summed E-state index contributed by atoms with van der Waals surface area (Å²) in [6, 6.07) is 11.1. The number of nitrogens with one attached hydrogen (secondary N) is 1. The van der Waals surface area contributed by atoms with Gasteiger partial charge in [0.2, 0.25) is 0 Å². The Hall–Kier alpha value is -1.61. The van der Waals surface area contributed by atoms with E-state index in [4.69, 9.17) is 0 Å². The fourth-order valence-corrected chi connectivity index (χ4v) is 2.75. The van der Waals surface area contributed by atoms with E-state index in [1.54, 1.807) is 0 Å². The topological polar surface area (TPSA) is 31.9 Å². The number of nitrogens with zero attached hydrogens (tertiary/aromatic N) is 2. The van der Waals surface area contributed by atoms with Gasteiger partial charge in [-0.25, -0.2) is 4.98 Å². The molecule has 1 aliphatic rings. The number of hydrogen-bond acceptors (Lipinski definition) is 2. The molecule has 0 amide bonds. The van der Waals surface area contributed by atoms with Crippen LogP contribution in [0, 0.1) is 6.92 Å². The first kappa shape index (κ1) is 11.5. The Balaban J connectivity index is 1.75. The van der Waals surface area contributed by atoms with Crippen LogP contribution in [0.5, 0.6) is 0 Å². The van der Waals surface area contributed by atoms with Gasteiger partial charge in [0.05, 0.1) is 6.04 Å². The number of likely N-dealkylation sites (tertiary alicyclic amines) is 1. The van der Waals surface area contributed by atoms with Crippen LogP contribution in [0.15, 0.2) is 36.5 Å². The fourth-order valence-electron chi connectivity index (χ4n) is 2.75. The van der Waals surface area contributed by atoms with Gasteiger partial charge in [0, 0.05) is 18.4 Å². The molecule has 1 aliphatic heterocycles. The lowest BCUT2D eigenvalue weighted by molar-refractivity contribution is 0.241. The summed E-state index contributed by atoms with van der Waals surface area (Å²) in [4.78, 5) is 10.4. The van der Waals surface area contributed by atoms with Crippen molar-refractivity contribution in [2.45, 2.75) is 32.4 Å². The average Bonchev–Trinajstić information content (AvgIpc) is 2.99. The van der Waals surface area contributed by atoms with Crippen molar-refractivity contribution in [2.24, 2.45) is 0 Å². The molecule has 3 heteroatoms. The molecule has 0 unspecified atom stereocenters. The van der Waals surface area contributed by atoms with Crippen molar-refractivity contribution < 1.29 is 0 Å². The van der Waals surface area contributed by atoms with Crippen LogP contribution in [0.2, 0.25) is 0 Å². The van der Waals surface area contributed by atoms with Crippen molar-refractivity contribution >= 4 is 0 Å². The van der Waals surface area contributed by atoms with E-state index in [2.05, 4.69) is 52.1 Å². The van der Waals surface area contributed by atoms with Gasteiger partial charge < -0.3 is 4.98 Å². The van der Waals surface area contributed by atoms with E-state index < -0.39 is 0 Å². The highest BCUT2D eigenvalue weighted by Gasteiger charge is 2.27. The van der Waals surface area contributed by atoms with Gasteiger partial charge in [-0.15, -0.1) is 0 Å². The number of aryl methyl sites for hydroxylation is 1. The summed E-state index contributed by atoms with van der Waals surface area (Å²) in [5, 5.41) is 0. The predicted octanol–water partition coefficient (Wildman–Crippen LogP) is 3.06. The molecule has 1 saturated heterocycles. The molecule has 2 aromatic rings. The van der Waals surface area contributed by atoms with Crippen molar-refractivity contribution in [1.82, 2.24) is 14.9 Å². The molecular formula is C15H19N3. The Labute approximate surface area is 108 Å². The Morgan fingerprint density at radius 2 is 2.17 bits per heavy atom. The SMILES string of the molecule is Cc1cnc([C@H]2CCCN2Cc2ccccc2)[nH]1. The summed E-state index contributed by atoms with van der Waals surface area (Å²) in [7, 11) is 0. The summed E-state index contributed by atoms with van der Waals surface area (Å²) < 4.78 is 0. The van der Waals surface area contributed by atoms with E-state index in [9.17, 15) is 0 Å². The Morgan fingerprint density at radius 1 is 1.33 bits per heavy atom. The first-order valence-electron chi connectivity index (χ1n) is 6.62. The third-order valence-corrected chi connectivity index (χ3v) is 3.63. The van der Waals surface area contributed by atoms with E-state index in [1.807, 2.05) is 6.20 Å². The van der Waals surface area contributed by atoms with Crippen LogP contribution in [-0.2, 0) is 6.54 Å². The highest BCUT2D eigenvalue weighted by atomic mass is 15.2. The van der Waals surface area contributed by atoms with Gasteiger partial charge in [0.1, 0.15) is 5.82 Å². The van der Waals surface area contributed by atoms with Gasteiger partial charge >= 0.3 is 0 Å². The fraction of sp³-hybridized carbons (Fsp3) is 0.400. The smallest absolute Gasteiger partial charge is 0.123 e. The van der Waals surface area contributed by atoms with E-state index in [-0.39, 0.29) is 0 Å². The first-order chi connectivity index (χ1) is 8.83. The maximum absolute atomic E-state index is 4.49. The van der Waals surface area contributed by atoms with Crippen LogP contribution in [-0.4, -0.2) is 21.4 Å². The van der Waals surface area contributed by atoms with Gasteiger partial charge in [-0.2, -0.15) is 0 Å². The zero-order valence-electron chi connectivity index (χ0n) is 10.8. The lowest BCUT2D eigenvalue weighted by atomic mass is 10.2. The van der Waals surface area contributed by atoms with E-state index >= 15 is 0 Å². The van der Waals surface area contributed by atoms with Crippen LogP contribution in [0.3, 0.4) is 0 Å². The minimum atomic E-state index is 0.457. The average molecular weight is 241 g/mol. The minimum Gasteiger partial charge on any atom is -0.345 e. The second-order valence-corrected chi connectivity index (χ2v) is 5.07. The molecule has 1 N–H and O–H groups in total. The summed E-state index contributed by atoms with van der Waals surface area (Å²) in [5.74, 6) is 1.13. The van der Waals surface area contributed by atoms with Gasteiger partial charge in [-0.3, -0.25) is 4.90 Å². The van der Waals surface area contributed by atoms with E-state index in [1.165, 1.54) is 24.9 Å². The molecule has 18 heavy (non-hydrogen) atoms. The summed E-state index contributed by atoms with van der Waals surface area (Å²) in [6.07, 6.45) is 4.39. The van der Waals surface area contributed by atoms with Crippen molar-refractivity contribution in [3.05, 3.63) is 53.6 Å². The molecule has 0 saturated carbocycles.